The van der Waals surface area contributed by atoms with E-state index < -0.39 is 6.36 Å². The van der Waals surface area contributed by atoms with Crippen LogP contribution in [0.1, 0.15) is 30.8 Å². The zero-order chi connectivity index (χ0) is 21.0. The number of hydrogen-bond acceptors (Lipinski definition) is 3. The fourth-order valence-corrected chi connectivity index (χ4v) is 2.78. The number of ether oxygens (including phenoxy) is 1. The summed E-state index contributed by atoms with van der Waals surface area (Å²) in [6.07, 6.45) is -0.961. The van der Waals surface area contributed by atoms with Crippen molar-refractivity contribution >= 4 is 5.91 Å². The van der Waals surface area contributed by atoms with Gasteiger partial charge in [0.2, 0.25) is 0 Å². The van der Waals surface area contributed by atoms with Crippen molar-refractivity contribution in [3.05, 3.63) is 66.7 Å². The smallest absolute Gasteiger partial charge is 0.406 e. The molecule has 0 saturated heterocycles. The largest absolute Gasteiger partial charge is 0.573 e. The van der Waals surface area contributed by atoms with Crippen molar-refractivity contribution in [2.45, 2.75) is 32.7 Å². The number of nitrogens with one attached hydrogen (secondary N) is 1. The number of aromatic nitrogens is 2. The van der Waals surface area contributed by atoms with Gasteiger partial charge in [-0.1, -0.05) is 31.2 Å². The SMILES string of the molecule is CC[C@@H](C)NC(=O)c1cncn1-c1cccc(-c2cccc(OC(F)(F)F)c2)c1. The van der Waals surface area contributed by atoms with Gasteiger partial charge in [0.15, 0.2) is 0 Å². The molecule has 0 bridgehead atoms. The Morgan fingerprint density at radius 3 is 2.55 bits per heavy atom. The van der Waals surface area contributed by atoms with Gasteiger partial charge in [0.1, 0.15) is 11.4 Å². The molecule has 3 rings (SSSR count). The average molecular weight is 403 g/mol. The number of hydrogen-bond donors (Lipinski definition) is 1. The topological polar surface area (TPSA) is 56.2 Å². The first kappa shape index (κ1) is 20.4. The summed E-state index contributed by atoms with van der Waals surface area (Å²) < 4.78 is 43.1. The van der Waals surface area contributed by atoms with E-state index >= 15 is 0 Å². The lowest BCUT2D eigenvalue weighted by molar-refractivity contribution is -0.274. The van der Waals surface area contributed by atoms with E-state index in [1.807, 2.05) is 13.8 Å². The molecule has 5 nitrogen and oxygen atoms in total. The van der Waals surface area contributed by atoms with E-state index in [2.05, 4.69) is 15.0 Å². The Morgan fingerprint density at radius 2 is 1.86 bits per heavy atom. The number of nitrogens with zero attached hydrogens (tertiary/aromatic N) is 2. The first-order chi connectivity index (χ1) is 13.8. The molecule has 1 aromatic heterocycles. The van der Waals surface area contributed by atoms with E-state index in [0.29, 0.717) is 22.5 Å². The third-order valence-corrected chi connectivity index (χ3v) is 4.39. The number of amides is 1. The highest BCUT2D eigenvalue weighted by molar-refractivity contribution is 5.93. The van der Waals surface area contributed by atoms with Crippen LogP contribution in [0.25, 0.3) is 16.8 Å². The first-order valence-corrected chi connectivity index (χ1v) is 9.06. The van der Waals surface area contributed by atoms with Gasteiger partial charge in [-0.2, -0.15) is 0 Å². The lowest BCUT2D eigenvalue weighted by atomic mass is 10.0. The van der Waals surface area contributed by atoms with Crippen molar-refractivity contribution in [1.29, 1.82) is 0 Å². The summed E-state index contributed by atoms with van der Waals surface area (Å²) in [5.41, 5.74) is 2.27. The van der Waals surface area contributed by atoms with Crippen LogP contribution in [0.3, 0.4) is 0 Å². The second-order valence-electron chi connectivity index (χ2n) is 6.56. The van der Waals surface area contributed by atoms with Crippen LogP contribution in [0.2, 0.25) is 0 Å². The molecule has 2 aromatic carbocycles. The number of rotatable bonds is 6. The van der Waals surface area contributed by atoms with Crippen molar-refractivity contribution in [2.24, 2.45) is 0 Å². The van der Waals surface area contributed by atoms with Crippen LogP contribution >= 0.6 is 0 Å². The number of carbonyl (C=O) groups excluding carboxylic acids is 1. The van der Waals surface area contributed by atoms with Crippen LogP contribution in [-0.4, -0.2) is 27.9 Å². The Labute approximate surface area is 166 Å². The summed E-state index contributed by atoms with van der Waals surface area (Å²) in [4.78, 5) is 16.6. The first-order valence-electron chi connectivity index (χ1n) is 9.06. The third-order valence-electron chi connectivity index (χ3n) is 4.39. The molecule has 1 amide bonds. The fourth-order valence-electron chi connectivity index (χ4n) is 2.78. The van der Waals surface area contributed by atoms with Gasteiger partial charge in [0.25, 0.3) is 5.91 Å². The zero-order valence-electron chi connectivity index (χ0n) is 15.9. The maximum atomic E-state index is 12.5. The van der Waals surface area contributed by atoms with Gasteiger partial charge >= 0.3 is 6.36 Å². The molecule has 0 spiro atoms. The molecule has 1 heterocycles. The van der Waals surface area contributed by atoms with E-state index in [4.69, 9.17) is 0 Å². The highest BCUT2D eigenvalue weighted by Crippen LogP contribution is 2.29. The van der Waals surface area contributed by atoms with Crippen LogP contribution in [0.5, 0.6) is 5.75 Å². The highest BCUT2D eigenvalue weighted by atomic mass is 19.4. The number of imidazole rings is 1. The van der Waals surface area contributed by atoms with Crippen molar-refractivity contribution in [2.75, 3.05) is 0 Å². The molecule has 0 aliphatic carbocycles. The maximum absolute atomic E-state index is 12.5. The molecule has 152 valence electrons. The molecule has 1 atom stereocenters. The molecule has 0 saturated carbocycles. The number of carbonyl (C=O) groups is 1. The number of benzene rings is 2. The van der Waals surface area contributed by atoms with Gasteiger partial charge in [-0.05, 0) is 48.7 Å². The van der Waals surface area contributed by atoms with Gasteiger partial charge in [-0.15, -0.1) is 13.2 Å². The van der Waals surface area contributed by atoms with Crippen molar-refractivity contribution in [3.63, 3.8) is 0 Å². The predicted molar refractivity (Wildman–Crippen MR) is 103 cm³/mol. The monoisotopic (exact) mass is 403 g/mol. The summed E-state index contributed by atoms with van der Waals surface area (Å²) in [7, 11) is 0. The molecule has 8 heteroatoms. The minimum Gasteiger partial charge on any atom is -0.406 e. The Hall–Kier alpha value is -3.29. The van der Waals surface area contributed by atoms with Crippen molar-refractivity contribution in [1.82, 2.24) is 14.9 Å². The molecule has 1 N–H and O–H groups in total. The van der Waals surface area contributed by atoms with Crippen molar-refractivity contribution in [3.8, 4) is 22.6 Å². The van der Waals surface area contributed by atoms with E-state index in [1.165, 1.54) is 30.7 Å². The molecular weight excluding hydrogens is 383 g/mol. The second-order valence-corrected chi connectivity index (χ2v) is 6.56. The maximum Gasteiger partial charge on any atom is 0.573 e. The summed E-state index contributed by atoms with van der Waals surface area (Å²) in [5.74, 6) is -0.542. The third kappa shape index (κ3) is 5.16. The van der Waals surface area contributed by atoms with E-state index in [-0.39, 0.29) is 17.7 Å². The summed E-state index contributed by atoms with van der Waals surface area (Å²) in [6, 6.07) is 12.9. The summed E-state index contributed by atoms with van der Waals surface area (Å²) in [6.45, 7) is 3.89. The van der Waals surface area contributed by atoms with Gasteiger partial charge in [-0.3, -0.25) is 9.36 Å². The van der Waals surface area contributed by atoms with Gasteiger partial charge in [0.05, 0.1) is 12.5 Å². The summed E-state index contributed by atoms with van der Waals surface area (Å²) >= 11 is 0. The molecule has 0 radical (unpaired) electrons. The number of alkyl halides is 3. The Morgan fingerprint density at radius 1 is 1.17 bits per heavy atom. The quantitative estimate of drug-likeness (QED) is 0.633. The lowest BCUT2D eigenvalue weighted by Gasteiger charge is -2.14. The van der Waals surface area contributed by atoms with Crippen LogP contribution in [0.4, 0.5) is 13.2 Å². The van der Waals surface area contributed by atoms with E-state index in [9.17, 15) is 18.0 Å². The molecule has 0 aliphatic heterocycles. The standard InChI is InChI=1S/C21H20F3N3O2/c1-3-14(2)26-20(28)19-12-25-13-27(19)17-8-4-6-15(10-17)16-7-5-9-18(11-16)29-21(22,23)24/h4-14H,3H2,1-2H3,(H,26,28)/t14-/m1/s1. The highest BCUT2D eigenvalue weighted by Gasteiger charge is 2.31. The van der Waals surface area contributed by atoms with Gasteiger partial charge in [-0.25, -0.2) is 4.98 Å². The van der Waals surface area contributed by atoms with Crippen LogP contribution in [-0.2, 0) is 0 Å². The zero-order valence-corrected chi connectivity index (χ0v) is 15.9. The molecule has 0 aliphatic rings. The normalized spacial score (nSPS) is 12.4. The Bertz CT molecular complexity index is 999. The Kier molecular flexibility index (Phi) is 5.91. The van der Waals surface area contributed by atoms with E-state index in [1.54, 1.807) is 34.9 Å². The molecule has 0 unspecified atom stereocenters. The predicted octanol–water partition coefficient (Wildman–Crippen LogP) is 4.97. The van der Waals surface area contributed by atoms with Crippen LogP contribution in [0.15, 0.2) is 61.1 Å². The fraction of sp³-hybridized carbons (Fsp3) is 0.238. The lowest BCUT2D eigenvalue weighted by Crippen LogP contribution is -2.33. The summed E-state index contributed by atoms with van der Waals surface area (Å²) in [5, 5.41) is 2.89. The van der Waals surface area contributed by atoms with Crippen LogP contribution in [0, 0.1) is 0 Å². The molecule has 3 aromatic rings. The van der Waals surface area contributed by atoms with Gasteiger partial charge < -0.3 is 10.1 Å². The average Bonchev–Trinajstić information content (AvgIpc) is 3.17. The van der Waals surface area contributed by atoms with Crippen LogP contribution < -0.4 is 10.1 Å². The number of halogens is 3. The second kappa shape index (κ2) is 8.38. The minimum atomic E-state index is -4.75. The van der Waals surface area contributed by atoms with Gasteiger partial charge in [0, 0.05) is 11.7 Å². The molecule has 0 fully saturated rings. The molecular formula is C21H20F3N3O2. The molecule has 29 heavy (non-hydrogen) atoms. The van der Waals surface area contributed by atoms with Crippen molar-refractivity contribution < 1.29 is 22.7 Å². The van der Waals surface area contributed by atoms with E-state index in [0.717, 1.165) is 6.42 Å². The Balaban J connectivity index is 1.91. The minimum absolute atomic E-state index is 0.0218.